The SMILES string of the molecule is CCc1ccc(C(C)=O)cc1-c1cc(Nc2cccnc2-c2ccccc2)c(=O)[nH]n1.CCn1nc(-c2ccccc2)c(C(C)=O)c(Nc2cccs2)c1=O. The average molecular weight is 750 g/mol. The largest absolute Gasteiger partial charge is 0.349 e. The normalized spacial score (nSPS) is 10.6. The first-order chi connectivity index (χ1) is 26.7. The van der Waals surface area contributed by atoms with Crippen LogP contribution in [0.15, 0.2) is 130 Å². The van der Waals surface area contributed by atoms with E-state index in [0.29, 0.717) is 40.4 Å². The second-order valence-electron chi connectivity index (χ2n) is 12.4. The first-order valence-corrected chi connectivity index (χ1v) is 18.6. The number of Topliss-reactive ketones (excluding diaryl/α,β-unsaturated/α-hetero) is 2. The van der Waals surface area contributed by atoms with Crippen molar-refractivity contribution in [2.75, 3.05) is 10.6 Å². The lowest BCUT2D eigenvalue weighted by Crippen LogP contribution is -2.28. The number of carbonyl (C=O) groups excluding carboxylic acids is 2. The van der Waals surface area contributed by atoms with Crippen LogP contribution in [0.3, 0.4) is 0 Å². The second kappa shape index (κ2) is 17.4. The number of hydrogen-bond acceptors (Lipinski definition) is 10. The topological polar surface area (TPSA) is 152 Å². The Kier molecular flexibility index (Phi) is 12.0. The van der Waals surface area contributed by atoms with Crippen LogP contribution in [0.5, 0.6) is 0 Å². The summed E-state index contributed by atoms with van der Waals surface area (Å²) < 4.78 is 1.38. The first kappa shape index (κ1) is 38.0. The smallest absolute Gasteiger partial charge is 0.291 e. The van der Waals surface area contributed by atoms with Crippen LogP contribution in [0.4, 0.5) is 22.1 Å². The van der Waals surface area contributed by atoms with Crippen molar-refractivity contribution in [3.8, 4) is 33.8 Å². The summed E-state index contributed by atoms with van der Waals surface area (Å²) in [6, 6.07) is 33.9. The van der Waals surface area contributed by atoms with Gasteiger partial charge in [0.1, 0.15) is 17.1 Å². The van der Waals surface area contributed by atoms with Gasteiger partial charge in [0.25, 0.3) is 11.1 Å². The van der Waals surface area contributed by atoms with Crippen LogP contribution in [0.2, 0.25) is 0 Å². The Bertz CT molecular complexity index is 2570. The number of carbonyl (C=O) groups is 2. The van der Waals surface area contributed by atoms with Crippen molar-refractivity contribution < 1.29 is 9.59 Å². The summed E-state index contributed by atoms with van der Waals surface area (Å²) in [4.78, 5) is 53.9. The Morgan fingerprint density at radius 1 is 0.764 bits per heavy atom. The third-order valence-corrected chi connectivity index (χ3v) is 9.51. The zero-order valence-corrected chi connectivity index (χ0v) is 31.6. The Labute approximate surface area is 321 Å². The van der Waals surface area contributed by atoms with Crippen LogP contribution in [0, 0.1) is 0 Å². The highest BCUT2D eigenvalue weighted by Gasteiger charge is 2.22. The van der Waals surface area contributed by atoms with Crippen molar-refractivity contribution in [3.63, 3.8) is 0 Å². The number of H-pyrrole nitrogens is 1. The summed E-state index contributed by atoms with van der Waals surface area (Å²) in [5.74, 6) is -0.213. The van der Waals surface area contributed by atoms with Crippen molar-refractivity contribution in [1.82, 2.24) is 25.0 Å². The fourth-order valence-electron chi connectivity index (χ4n) is 5.97. The molecule has 12 heteroatoms. The maximum absolute atomic E-state index is 12.7. The number of pyridine rings is 1. The van der Waals surface area contributed by atoms with Crippen molar-refractivity contribution in [3.05, 3.63) is 158 Å². The summed E-state index contributed by atoms with van der Waals surface area (Å²) in [6.07, 6.45) is 2.49. The average Bonchev–Trinajstić information content (AvgIpc) is 3.73. The number of thiophene rings is 1. The number of ketones is 2. The van der Waals surface area contributed by atoms with E-state index in [1.54, 1.807) is 12.3 Å². The first-order valence-electron chi connectivity index (χ1n) is 17.7. The molecule has 0 aliphatic rings. The number of benzene rings is 3. The highest BCUT2D eigenvalue weighted by Crippen LogP contribution is 2.31. The molecule has 0 aliphatic carbocycles. The van der Waals surface area contributed by atoms with Gasteiger partial charge in [-0.1, -0.05) is 79.7 Å². The molecule has 0 spiro atoms. The molecule has 0 fully saturated rings. The van der Waals surface area contributed by atoms with Crippen LogP contribution in [-0.4, -0.2) is 36.5 Å². The van der Waals surface area contributed by atoms with E-state index in [-0.39, 0.29) is 28.4 Å². The van der Waals surface area contributed by atoms with E-state index in [2.05, 4.69) is 30.9 Å². The van der Waals surface area contributed by atoms with Gasteiger partial charge in [-0.2, -0.15) is 10.2 Å². The van der Waals surface area contributed by atoms with Gasteiger partial charge >= 0.3 is 0 Å². The summed E-state index contributed by atoms with van der Waals surface area (Å²) in [5, 5.41) is 20.3. The third kappa shape index (κ3) is 8.72. The highest BCUT2D eigenvalue weighted by atomic mass is 32.1. The Morgan fingerprint density at radius 3 is 2.09 bits per heavy atom. The van der Waals surface area contributed by atoms with Gasteiger partial charge in [-0.25, -0.2) is 9.78 Å². The molecular formula is C43H39N7O4S. The standard InChI is InChI=1S/C25H22N4O2.C18H17N3O2S/c1-3-17-11-12-19(16(2)30)14-20(17)22-15-23(25(31)29-28-22)27-21-10-7-13-26-24(21)18-8-5-4-6-9-18;1-3-21-18(23)17(19-14-10-7-11-24-14)15(12(2)22)16(20-21)13-8-5-4-6-9-13/h4-15H,3H2,1-2H3,(H,27,28)(H,29,31);4-11,19H,3H2,1-2H3. The van der Waals surface area contributed by atoms with Gasteiger partial charge in [-0.3, -0.25) is 24.2 Å². The quantitative estimate of drug-likeness (QED) is 0.110. The van der Waals surface area contributed by atoms with Gasteiger partial charge in [0.15, 0.2) is 11.6 Å². The molecular weight excluding hydrogens is 711 g/mol. The van der Waals surface area contributed by atoms with E-state index in [1.165, 1.54) is 29.9 Å². The molecule has 0 aliphatic heterocycles. The lowest BCUT2D eigenvalue weighted by Gasteiger charge is -2.15. The molecule has 0 saturated heterocycles. The molecule has 3 N–H and O–H groups in total. The lowest BCUT2D eigenvalue weighted by molar-refractivity contribution is 0.100. The number of hydrogen-bond donors (Lipinski definition) is 3. The molecule has 0 amide bonds. The molecule has 0 bridgehead atoms. The van der Waals surface area contributed by atoms with E-state index < -0.39 is 0 Å². The molecule has 55 heavy (non-hydrogen) atoms. The third-order valence-electron chi connectivity index (χ3n) is 8.73. The van der Waals surface area contributed by atoms with E-state index in [4.69, 9.17) is 0 Å². The highest BCUT2D eigenvalue weighted by molar-refractivity contribution is 7.14. The van der Waals surface area contributed by atoms with Gasteiger partial charge in [0.2, 0.25) is 0 Å². The fourth-order valence-corrected chi connectivity index (χ4v) is 6.59. The van der Waals surface area contributed by atoms with Crippen molar-refractivity contribution >= 4 is 45.0 Å². The number of nitrogens with one attached hydrogen (secondary N) is 3. The second-order valence-corrected chi connectivity index (χ2v) is 13.4. The molecule has 0 atom stereocenters. The maximum atomic E-state index is 12.7. The monoisotopic (exact) mass is 749 g/mol. The van der Waals surface area contributed by atoms with Crippen molar-refractivity contribution in [1.29, 1.82) is 0 Å². The van der Waals surface area contributed by atoms with Gasteiger partial charge in [0, 0.05) is 35.0 Å². The molecule has 4 aromatic heterocycles. The Hall–Kier alpha value is -6.79. The van der Waals surface area contributed by atoms with Gasteiger partial charge in [-0.15, -0.1) is 11.3 Å². The van der Waals surface area contributed by atoms with Crippen LogP contribution in [-0.2, 0) is 13.0 Å². The molecule has 7 rings (SSSR count). The van der Waals surface area contributed by atoms with E-state index in [9.17, 15) is 19.2 Å². The van der Waals surface area contributed by atoms with Crippen LogP contribution < -0.4 is 21.8 Å². The molecule has 11 nitrogen and oxygen atoms in total. The number of rotatable bonds is 11. The zero-order chi connectivity index (χ0) is 38.9. The van der Waals surface area contributed by atoms with Crippen LogP contribution in [0.25, 0.3) is 33.8 Å². The van der Waals surface area contributed by atoms with E-state index in [1.807, 2.05) is 122 Å². The fraction of sp³-hybridized carbons (Fsp3) is 0.140. The molecule has 7 aromatic rings. The van der Waals surface area contributed by atoms with Crippen molar-refractivity contribution in [2.45, 2.75) is 40.7 Å². The van der Waals surface area contributed by atoms with E-state index in [0.717, 1.165) is 39.4 Å². The zero-order valence-electron chi connectivity index (χ0n) is 30.8. The van der Waals surface area contributed by atoms with Gasteiger partial charge in [0.05, 0.1) is 27.6 Å². The molecule has 0 radical (unpaired) electrons. The Balaban J connectivity index is 0.000000193. The minimum atomic E-state index is -0.340. The number of aryl methyl sites for hydroxylation is 2. The molecule has 0 unspecified atom stereocenters. The predicted octanol–water partition coefficient (Wildman–Crippen LogP) is 8.95. The predicted molar refractivity (Wildman–Crippen MR) is 220 cm³/mol. The van der Waals surface area contributed by atoms with Gasteiger partial charge in [-0.05, 0) is 74.5 Å². The molecule has 276 valence electrons. The van der Waals surface area contributed by atoms with E-state index >= 15 is 0 Å². The molecule has 0 saturated carbocycles. The lowest BCUT2D eigenvalue weighted by atomic mass is 9.98. The number of aromatic nitrogens is 5. The van der Waals surface area contributed by atoms with Crippen LogP contribution in [0.1, 0.15) is 54.0 Å². The van der Waals surface area contributed by atoms with Crippen LogP contribution >= 0.6 is 11.3 Å². The number of anilines is 4. The number of nitrogens with zero attached hydrogens (tertiary/aromatic N) is 4. The molecule has 4 heterocycles. The minimum Gasteiger partial charge on any atom is -0.349 e. The Morgan fingerprint density at radius 2 is 1.47 bits per heavy atom. The maximum Gasteiger partial charge on any atom is 0.291 e. The summed E-state index contributed by atoms with van der Waals surface area (Å²) >= 11 is 1.47. The minimum absolute atomic E-state index is 0.0189. The molecule has 3 aromatic carbocycles. The number of aromatic amines is 1. The summed E-state index contributed by atoms with van der Waals surface area (Å²) in [6.45, 7) is 7.31. The summed E-state index contributed by atoms with van der Waals surface area (Å²) in [7, 11) is 0. The van der Waals surface area contributed by atoms with Gasteiger partial charge < -0.3 is 10.6 Å². The summed E-state index contributed by atoms with van der Waals surface area (Å²) in [5.41, 5.74) is 7.10. The van der Waals surface area contributed by atoms with Crippen molar-refractivity contribution in [2.24, 2.45) is 0 Å².